The molecule has 416 valence electrons. The number of pyridine rings is 2. The van der Waals surface area contributed by atoms with Crippen LogP contribution in [0.25, 0.3) is 21.6 Å². The van der Waals surface area contributed by atoms with Crippen molar-refractivity contribution >= 4 is 46.6 Å². The fourth-order valence-corrected chi connectivity index (χ4v) is 10.7. The van der Waals surface area contributed by atoms with Crippen molar-refractivity contribution in [2.75, 3.05) is 43.2 Å². The minimum atomic E-state index is -0.985. The van der Waals surface area contributed by atoms with Crippen molar-refractivity contribution in [2.45, 2.75) is 116 Å². The predicted octanol–water partition coefficient (Wildman–Crippen LogP) is 6.32. The van der Waals surface area contributed by atoms with E-state index >= 15 is 0 Å². The molecule has 1 saturated carbocycles. The molecule has 1 aliphatic carbocycles. The van der Waals surface area contributed by atoms with Crippen LogP contribution in [0.2, 0.25) is 0 Å². The zero-order valence-corrected chi connectivity index (χ0v) is 46.2. The normalized spacial score (nSPS) is 17.6. The van der Waals surface area contributed by atoms with Crippen LogP contribution in [0.1, 0.15) is 81.7 Å². The van der Waals surface area contributed by atoms with Crippen LogP contribution in [-0.4, -0.2) is 121 Å². The molecule has 6 aromatic rings. The summed E-state index contributed by atoms with van der Waals surface area (Å²) < 4.78 is 14.7. The zero-order valence-electron chi connectivity index (χ0n) is 45.4. The van der Waals surface area contributed by atoms with E-state index in [1.165, 1.54) is 15.5 Å². The van der Waals surface area contributed by atoms with Crippen molar-refractivity contribution in [3.63, 3.8) is 0 Å². The summed E-state index contributed by atoms with van der Waals surface area (Å²) in [4.78, 5) is 79.8. The van der Waals surface area contributed by atoms with Gasteiger partial charge in [0.05, 0.1) is 47.2 Å². The summed E-state index contributed by atoms with van der Waals surface area (Å²) in [5.41, 5.74) is 7.79. The number of carbonyl (C=O) groups is 4. The van der Waals surface area contributed by atoms with E-state index in [0.717, 1.165) is 69.8 Å². The summed E-state index contributed by atoms with van der Waals surface area (Å²) in [6, 6.07) is 22.6. The lowest BCUT2D eigenvalue weighted by atomic mass is 9.85. The lowest BCUT2D eigenvalue weighted by molar-refractivity contribution is -0.144. The Morgan fingerprint density at radius 3 is 2.27 bits per heavy atom. The Morgan fingerprint density at radius 1 is 0.861 bits per heavy atom. The number of nitrogens with one attached hydrogen (secondary N) is 4. The van der Waals surface area contributed by atoms with Gasteiger partial charge in [-0.25, -0.2) is 14.8 Å². The van der Waals surface area contributed by atoms with E-state index in [-0.39, 0.29) is 75.5 Å². The molecule has 1 saturated heterocycles. The number of aryl methyl sites for hydroxylation is 3. The average molecular weight is 1100 g/mol. The SMILES string of the molecule is Cc1ncsc1-c1ccc(CNC(=O)[C@@H]2C[C@@H](O)CN2C(=O)[C@@H](NC(=O)COCCOCCCn2cc(CNC(=O)N(c3ccc(-c4ccc(=O)n(C)c4)cc3)[C@H]3CC[C@H](Nc4ccc(C#N)cn4)CC3)cn2)C(C)(C)C)cc1. The number of amides is 5. The summed E-state index contributed by atoms with van der Waals surface area (Å²) in [5, 5.41) is 36.6. The number of anilines is 2. The number of benzene rings is 2. The van der Waals surface area contributed by atoms with Gasteiger partial charge in [0, 0.05) is 94.2 Å². The number of carbonyl (C=O) groups excluding carboxylic acids is 4. The van der Waals surface area contributed by atoms with Crippen LogP contribution in [0.4, 0.5) is 16.3 Å². The van der Waals surface area contributed by atoms with Crippen LogP contribution in [0, 0.1) is 23.7 Å². The summed E-state index contributed by atoms with van der Waals surface area (Å²) in [5.74, 6) is -0.617. The molecule has 79 heavy (non-hydrogen) atoms. The molecule has 21 heteroatoms. The minimum Gasteiger partial charge on any atom is -0.391 e. The molecule has 2 aliphatic rings. The number of urea groups is 1. The van der Waals surface area contributed by atoms with E-state index < -0.39 is 35.4 Å². The van der Waals surface area contributed by atoms with Crippen LogP contribution in [0.3, 0.4) is 0 Å². The zero-order chi connectivity index (χ0) is 56.1. The third-order valence-corrected chi connectivity index (χ3v) is 15.2. The first-order chi connectivity index (χ1) is 38.0. The molecule has 2 aromatic carbocycles. The summed E-state index contributed by atoms with van der Waals surface area (Å²) >= 11 is 1.57. The van der Waals surface area contributed by atoms with E-state index in [2.05, 4.69) is 42.4 Å². The molecular weight excluding hydrogens is 1020 g/mol. The Kier molecular flexibility index (Phi) is 19.4. The van der Waals surface area contributed by atoms with Crippen molar-refractivity contribution in [3.05, 3.63) is 136 Å². The Morgan fingerprint density at radius 2 is 1.58 bits per heavy atom. The second-order valence-corrected chi connectivity index (χ2v) is 22.1. The fraction of sp³-hybridized carbons (Fsp3) is 0.431. The second kappa shape index (κ2) is 26.7. The lowest BCUT2D eigenvalue weighted by Gasteiger charge is -2.37. The highest BCUT2D eigenvalue weighted by molar-refractivity contribution is 7.13. The van der Waals surface area contributed by atoms with E-state index in [0.29, 0.717) is 31.0 Å². The molecule has 0 unspecified atom stereocenters. The number of nitriles is 1. The number of thiazole rings is 1. The highest BCUT2D eigenvalue weighted by Gasteiger charge is 2.44. The van der Waals surface area contributed by atoms with Gasteiger partial charge in [-0.15, -0.1) is 11.3 Å². The number of hydrogen-bond acceptors (Lipinski definition) is 14. The molecule has 0 spiro atoms. The van der Waals surface area contributed by atoms with Gasteiger partial charge >= 0.3 is 6.03 Å². The average Bonchev–Trinajstić information content (AvgIpc) is 4.29. The number of aromatic nitrogens is 5. The molecule has 0 radical (unpaired) electrons. The first-order valence-electron chi connectivity index (χ1n) is 26.7. The number of aliphatic hydroxyl groups is 1. The van der Waals surface area contributed by atoms with Gasteiger partial charge in [-0.05, 0) is 97.0 Å². The lowest BCUT2D eigenvalue weighted by Crippen LogP contribution is -2.58. The molecule has 0 bridgehead atoms. The smallest absolute Gasteiger partial charge is 0.322 e. The number of rotatable bonds is 22. The molecule has 5 N–H and O–H groups in total. The van der Waals surface area contributed by atoms with Gasteiger partial charge in [-0.1, -0.05) is 57.2 Å². The molecule has 20 nitrogen and oxygen atoms in total. The van der Waals surface area contributed by atoms with Crippen LogP contribution in [-0.2, 0) is 50.5 Å². The van der Waals surface area contributed by atoms with Crippen molar-refractivity contribution in [3.8, 4) is 27.6 Å². The van der Waals surface area contributed by atoms with Crippen molar-refractivity contribution in [1.82, 2.24) is 45.2 Å². The number of β-amino-alcohol motifs (C(OH)–C–C–N with tert-alkyl or cyclic N) is 1. The molecule has 5 amide bonds. The van der Waals surface area contributed by atoms with Crippen LogP contribution in [0.5, 0.6) is 0 Å². The highest BCUT2D eigenvalue weighted by atomic mass is 32.1. The van der Waals surface area contributed by atoms with Gasteiger partial charge in [0.2, 0.25) is 23.3 Å². The maximum Gasteiger partial charge on any atom is 0.322 e. The summed E-state index contributed by atoms with van der Waals surface area (Å²) in [7, 11) is 1.72. The van der Waals surface area contributed by atoms with E-state index in [1.54, 1.807) is 53.8 Å². The number of nitrogens with zero attached hydrogens (tertiary/aromatic N) is 8. The van der Waals surface area contributed by atoms with Crippen molar-refractivity contribution in [2.24, 2.45) is 12.5 Å². The second-order valence-electron chi connectivity index (χ2n) is 21.2. The predicted molar refractivity (Wildman–Crippen MR) is 301 cm³/mol. The van der Waals surface area contributed by atoms with Gasteiger partial charge in [0.25, 0.3) is 0 Å². The third kappa shape index (κ3) is 15.5. The first-order valence-corrected chi connectivity index (χ1v) is 27.6. The number of hydrogen-bond donors (Lipinski definition) is 5. The molecule has 3 atom stereocenters. The number of aliphatic hydroxyl groups excluding tert-OH is 1. The largest absolute Gasteiger partial charge is 0.391 e. The van der Waals surface area contributed by atoms with Crippen molar-refractivity contribution in [1.29, 1.82) is 5.26 Å². The van der Waals surface area contributed by atoms with E-state index in [1.807, 2.05) is 98.9 Å². The number of ether oxygens (including phenoxy) is 2. The maximum atomic E-state index is 14.2. The Balaban J connectivity index is 0.752. The standard InChI is InChI=1S/C58H70N12O8S/c1-38-53(79-37-63-38)43-10-7-39(8-11-43)29-61-55(74)49-27-48(71)35-69(49)56(75)54(58(2,3)4)66-51(72)36-78-26-25-77-24-6-23-68-33-41(32-64-68)31-62-57(76)70(46-17-12-42(13-18-46)44-14-22-52(73)67(5)34-44)47-19-15-45(16-20-47)65-50-21-9-40(28-59)30-60-50/h7-14,17-18,21-22,30,32-34,37,45,47-49,54,71H,6,15-16,19-20,23-27,29,31,35-36H2,1-5H3,(H,60,65)(H,61,74)(H,62,76)(H,66,72)/t45-,47-,48-,49+,54-/m1/s1. The van der Waals surface area contributed by atoms with Crippen LogP contribution >= 0.6 is 11.3 Å². The summed E-state index contributed by atoms with van der Waals surface area (Å²) in [6.07, 6.45) is 9.98. The van der Waals surface area contributed by atoms with Crippen LogP contribution in [0.15, 0.2) is 108 Å². The quantitative estimate of drug-likeness (QED) is 0.0468. The Bertz CT molecular complexity index is 3120. The Hall–Kier alpha value is -7.77. The molecule has 4 aromatic heterocycles. The van der Waals surface area contributed by atoms with Gasteiger partial charge in [-0.2, -0.15) is 10.4 Å². The fourth-order valence-electron chi connectivity index (χ4n) is 9.89. The van der Waals surface area contributed by atoms with E-state index in [4.69, 9.17) is 14.7 Å². The molecular formula is C58H70N12O8S. The van der Waals surface area contributed by atoms with Gasteiger partial charge in [-0.3, -0.25) is 28.8 Å². The van der Waals surface area contributed by atoms with E-state index in [9.17, 15) is 29.1 Å². The highest BCUT2D eigenvalue weighted by Crippen LogP contribution is 2.32. The van der Waals surface area contributed by atoms with Crippen molar-refractivity contribution < 1.29 is 33.8 Å². The maximum absolute atomic E-state index is 14.2. The molecule has 8 rings (SSSR count). The van der Waals surface area contributed by atoms with Gasteiger partial charge in [0.1, 0.15) is 30.6 Å². The minimum absolute atomic E-state index is 0.0297. The molecule has 2 fully saturated rings. The van der Waals surface area contributed by atoms with Gasteiger partial charge < -0.3 is 45.3 Å². The monoisotopic (exact) mass is 1090 g/mol. The summed E-state index contributed by atoms with van der Waals surface area (Å²) in [6.45, 7) is 8.99. The topological polar surface area (TPSA) is 251 Å². The molecule has 1 aliphatic heterocycles. The molecule has 5 heterocycles. The Labute approximate surface area is 464 Å². The third-order valence-electron chi connectivity index (χ3n) is 14.2. The van der Waals surface area contributed by atoms with Crippen LogP contribution < -0.4 is 31.7 Å². The van der Waals surface area contributed by atoms with Gasteiger partial charge in [0.15, 0.2) is 0 Å². The number of likely N-dealkylation sites (tertiary alicyclic amines) is 1. The first kappa shape index (κ1) is 57.4.